The van der Waals surface area contributed by atoms with Gasteiger partial charge in [-0.2, -0.15) is 0 Å². The standard InChI is InChI=1S/C25H21ClN2O7/c1-32-22-12-15(7-9-20(22)34-14-16-5-3-4-6-18(16)26)11-19-23(29)28(25(31)27-19)13-17-8-10-21(35-17)24(30)33-2/h3-12H,13-14H2,1-2H3,(H,27,31). The number of esters is 1. The molecule has 0 bridgehead atoms. The van der Waals surface area contributed by atoms with Gasteiger partial charge in [-0.25, -0.2) is 9.59 Å². The predicted octanol–water partition coefficient (Wildman–Crippen LogP) is 4.40. The predicted molar refractivity (Wildman–Crippen MR) is 126 cm³/mol. The normalized spacial score (nSPS) is 14.3. The van der Waals surface area contributed by atoms with Crippen LogP contribution in [0.1, 0.15) is 27.4 Å². The molecule has 2 aromatic carbocycles. The summed E-state index contributed by atoms with van der Waals surface area (Å²) < 4.78 is 21.2. The third-order valence-electron chi connectivity index (χ3n) is 5.16. The first-order valence-corrected chi connectivity index (χ1v) is 10.8. The Kier molecular flexibility index (Phi) is 7.07. The molecule has 0 saturated carbocycles. The van der Waals surface area contributed by atoms with Crippen molar-refractivity contribution in [2.75, 3.05) is 14.2 Å². The number of hydrogen-bond donors (Lipinski definition) is 1. The summed E-state index contributed by atoms with van der Waals surface area (Å²) in [4.78, 5) is 37.7. The monoisotopic (exact) mass is 496 g/mol. The Hall–Kier alpha value is -4.24. The summed E-state index contributed by atoms with van der Waals surface area (Å²) in [5.74, 6) is 0.000530. The molecule has 3 aromatic rings. The second-order valence-electron chi connectivity index (χ2n) is 7.43. The van der Waals surface area contributed by atoms with E-state index in [0.29, 0.717) is 22.1 Å². The van der Waals surface area contributed by atoms with Crippen molar-refractivity contribution in [2.24, 2.45) is 0 Å². The lowest BCUT2D eigenvalue weighted by molar-refractivity contribution is -0.123. The Morgan fingerprint density at radius 1 is 1.09 bits per heavy atom. The number of urea groups is 1. The molecule has 1 N–H and O–H groups in total. The number of carbonyl (C=O) groups excluding carboxylic acids is 3. The zero-order valence-corrected chi connectivity index (χ0v) is 19.6. The Labute approximate surface area is 205 Å². The van der Waals surface area contributed by atoms with E-state index in [1.54, 1.807) is 24.3 Å². The molecular formula is C25H21ClN2O7. The number of furan rings is 1. The van der Waals surface area contributed by atoms with E-state index in [-0.39, 0.29) is 30.4 Å². The molecule has 4 rings (SSSR count). The van der Waals surface area contributed by atoms with E-state index in [9.17, 15) is 14.4 Å². The van der Waals surface area contributed by atoms with Crippen LogP contribution in [0.2, 0.25) is 5.02 Å². The van der Waals surface area contributed by atoms with Gasteiger partial charge < -0.3 is 23.9 Å². The average molecular weight is 497 g/mol. The van der Waals surface area contributed by atoms with Crippen molar-refractivity contribution in [1.82, 2.24) is 10.2 Å². The Bertz CT molecular complexity index is 1310. The van der Waals surface area contributed by atoms with E-state index in [4.69, 9.17) is 25.5 Å². The molecule has 10 heteroatoms. The Morgan fingerprint density at radius 2 is 1.89 bits per heavy atom. The summed E-state index contributed by atoms with van der Waals surface area (Å²) in [6, 6.07) is 14.8. The smallest absolute Gasteiger partial charge is 0.373 e. The van der Waals surface area contributed by atoms with Crippen LogP contribution in [0.5, 0.6) is 11.5 Å². The fraction of sp³-hybridized carbons (Fsp3) is 0.160. The first-order valence-electron chi connectivity index (χ1n) is 10.5. The first-order chi connectivity index (χ1) is 16.9. The number of amides is 3. The molecule has 0 aliphatic carbocycles. The second kappa shape index (κ2) is 10.4. The number of nitrogens with zero attached hydrogens (tertiary/aromatic N) is 1. The lowest BCUT2D eigenvalue weighted by Crippen LogP contribution is -2.30. The summed E-state index contributed by atoms with van der Waals surface area (Å²) in [7, 11) is 2.73. The van der Waals surface area contributed by atoms with Crippen LogP contribution in [0.25, 0.3) is 6.08 Å². The van der Waals surface area contributed by atoms with Crippen LogP contribution < -0.4 is 14.8 Å². The molecule has 1 aliphatic rings. The van der Waals surface area contributed by atoms with Crippen molar-refractivity contribution in [2.45, 2.75) is 13.2 Å². The Balaban J connectivity index is 1.47. The van der Waals surface area contributed by atoms with Crippen molar-refractivity contribution < 1.29 is 33.0 Å². The fourth-order valence-corrected chi connectivity index (χ4v) is 3.57. The topological polar surface area (TPSA) is 107 Å². The number of ether oxygens (including phenoxy) is 3. The van der Waals surface area contributed by atoms with Gasteiger partial charge >= 0.3 is 12.0 Å². The van der Waals surface area contributed by atoms with Crippen LogP contribution in [0.15, 0.2) is 64.7 Å². The van der Waals surface area contributed by atoms with Crippen molar-refractivity contribution in [3.63, 3.8) is 0 Å². The van der Waals surface area contributed by atoms with E-state index >= 15 is 0 Å². The molecular weight excluding hydrogens is 476 g/mol. The van der Waals surface area contributed by atoms with Crippen molar-refractivity contribution in [3.05, 3.63) is 88.0 Å². The number of carbonyl (C=O) groups is 3. The van der Waals surface area contributed by atoms with Crippen LogP contribution in [-0.2, 0) is 22.7 Å². The summed E-state index contributed by atoms with van der Waals surface area (Å²) in [5, 5.41) is 3.15. The van der Waals surface area contributed by atoms with Gasteiger partial charge in [-0.15, -0.1) is 0 Å². The van der Waals surface area contributed by atoms with Crippen molar-refractivity contribution in [3.8, 4) is 11.5 Å². The quantitative estimate of drug-likeness (QED) is 0.280. The van der Waals surface area contributed by atoms with Crippen molar-refractivity contribution >= 4 is 35.6 Å². The van der Waals surface area contributed by atoms with Crippen LogP contribution in [0.3, 0.4) is 0 Å². The van der Waals surface area contributed by atoms with Crippen molar-refractivity contribution in [1.29, 1.82) is 0 Å². The van der Waals surface area contributed by atoms with Crippen LogP contribution in [0.4, 0.5) is 4.79 Å². The number of hydrogen-bond acceptors (Lipinski definition) is 7. The van der Waals surface area contributed by atoms with Gasteiger partial charge in [0.05, 0.1) is 20.8 Å². The van der Waals surface area contributed by atoms with Gasteiger partial charge in [0.2, 0.25) is 5.76 Å². The maximum absolute atomic E-state index is 12.8. The van der Waals surface area contributed by atoms with E-state index in [0.717, 1.165) is 10.5 Å². The van der Waals surface area contributed by atoms with Gasteiger partial charge in [0.25, 0.3) is 5.91 Å². The van der Waals surface area contributed by atoms with E-state index in [2.05, 4.69) is 10.1 Å². The number of nitrogens with one attached hydrogen (secondary N) is 1. The SMILES string of the molecule is COC(=O)c1ccc(CN2C(=O)NC(=Cc3ccc(OCc4ccccc4Cl)c(OC)c3)C2=O)o1. The molecule has 35 heavy (non-hydrogen) atoms. The number of rotatable bonds is 8. The molecule has 3 amide bonds. The highest BCUT2D eigenvalue weighted by atomic mass is 35.5. The van der Waals surface area contributed by atoms with Crippen LogP contribution >= 0.6 is 11.6 Å². The molecule has 1 aromatic heterocycles. The molecule has 0 radical (unpaired) electrons. The summed E-state index contributed by atoms with van der Waals surface area (Å²) in [6.45, 7) is 0.113. The zero-order valence-electron chi connectivity index (χ0n) is 18.9. The Morgan fingerprint density at radius 3 is 2.63 bits per heavy atom. The third-order valence-corrected chi connectivity index (χ3v) is 5.53. The molecule has 0 spiro atoms. The van der Waals surface area contributed by atoms with Gasteiger partial charge in [0, 0.05) is 10.6 Å². The van der Waals surface area contributed by atoms with Gasteiger partial charge in [0.15, 0.2) is 11.5 Å². The highest BCUT2D eigenvalue weighted by Crippen LogP contribution is 2.31. The summed E-state index contributed by atoms with van der Waals surface area (Å²) in [6.07, 6.45) is 1.53. The average Bonchev–Trinajstić information content (AvgIpc) is 3.44. The fourth-order valence-electron chi connectivity index (χ4n) is 3.38. The van der Waals surface area contributed by atoms with Crippen LogP contribution in [-0.4, -0.2) is 37.0 Å². The molecule has 2 heterocycles. The maximum atomic E-state index is 12.8. The number of imide groups is 1. The van der Waals surface area contributed by atoms with Crippen LogP contribution in [0, 0.1) is 0 Å². The molecule has 1 fully saturated rings. The number of benzene rings is 2. The molecule has 0 unspecified atom stereocenters. The minimum atomic E-state index is -0.651. The second-order valence-corrected chi connectivity index (χ2v) is 7.83. The maximum Gasteiger partial charge on any atom is 0.373 e. The van der Waals surface area contributed by atoms with E-state index < -0.39 is 17.9 Å². The highest BCUT2D eigenvalue weighted by Gasteiger charge is 2.34. The lowest BCUT2D eigenvalue weighted by Gasteiger charge is -2.12. The molecule has 1 saturated heterocycles. The van der Waals surface area contributed by atoms with Gasteiger partial charge in [-0.1, -0.05) is 35.9 Å². The molecule has 180 valence electrons. The van der Waals surface area contributed by atoms with Gasteiger partial charge in [0.1, 0.15) is 18.1 Å². The zero-order chi connectivity index (χ0) is 24.9. The number of methoxy groups -OCH3 is 2. The van der Waals surface area contributed by atoms with E-state index in [1.165, 1.54) is 32.4 Å². The minimum absolute atomic E-state index is 0.0192. The summed E-state index contributed by atoms with van der Waals surface area (Å²) >= 11 is 6.18. The molecule has 0 atom stereocenters. The molecule has 1 aliphatic heterocycles. The minimum Gasteiger partial charge on any atom is -0.493 e. The van der Waals surface area contributed by atoms with Gasteiger partial charge in [-0.05, 0) is 42.0 Å². The third kappa shape index (κ3) is 5.30. The number of halogens is 1. The lowest BCUT2D eigenvalue weighted by atomic mass is 10.1. The summed E-state index contributed by atoms with van der Waals surface area (Å²) in [5.41, 5.74) is 1.53. The van der Waals surface area contributed by atoms with Gasteiger partial charge in [-0.3, -0.25) is 9.69 Å². The first kappa shape index (κ1) is 23.9. The van der Waals surface area contributed by atoms with E-state index in [1.807, 2.05) is 18.2 Å². The molecule has 9 nitrogen and oxygen atoms in total. The highest BCUT2D eigenvalue weighted by molar-refractivity contribution is 6.31. The largest absolute Gasteiger partial charge is 0.493 e.